The molecular formula is C23H28N4O5. The minimum Gasteiger partial charge on any atom is -0.479 e. The van der Waals surface area contributed by atoms with Gasteiger partial charge >= 0.3 is 0 Å². The fourth-order valence-electron chi connectivity index (χ4n) is 3.49. The van der Waals surface area contributed by atoms with E-state index in [9.17, 15) is 19.8 Å². The van der Waals surface area contributed by atoms with Crippen LogP contribution in [0.5, 0.6) is 5.75 Å². The van der Waals surface area contributed by atoms with Crippen LogP contribution in [0.1, 0.15) is 38.3 Å². The van der Waals surface area contributed by atoms with E-state index in [-0.39, 0.29) is 6.61 Å². The number of hydrogen-bond acceptors (Lipinski definition) is 6. The number of aromatic nitrogens is 2. The van der Waals surface area contributed by atoms with Crippen LogP contribution < -0.4 is 10.1 Å². The maximum atomic E-state index is 12.5. The molecule has 1 fully saturated rings. The van der Waals surface area contributed by atoms with E-state index >= 15 is 0 Å². The highest BCUT2D eigenvalue weighted by Crippen LogP contribution is 2.27. The van der Waals surface area contributed by atoms with Crippen molar-refractivity contribution in [1.82, 2.24) is 20.0 Å². The topological polar surface area (TPSA) is 117 Å². The molecule has 9 nitrogen and oxygen atoms in total. The van der Waals surface area contributed by atoms with Gasteiger partial charge in [0, 0.05) is 25.5 Å². The van der Waals surface area contributed by atoms with Crippen molar-refractivity contribution in [2.75, 3.05) is 19.7 Å². The van der Waals surface area contributed by atoms with E-state index in [0.29, 0.717) is 30.1 Å². The number of hydrogen-bond donors (Lipinski definition) is 3. The summed E-state index contributed by atoms with van der Waals surface area (Å²) in [6, 6.07) is 6.65. The Morgan fingerprint density at radius 2 is 2.00 bits per heavy atom. The van der Waals surface area contributed by atoms with Crippen LogP contribution in [0.3, 0.4) is 0 Å². The minimum atomic E-state index is -1.86. The van der Waals surface area contributed by atoms with Gasteiger partial charge in [0.1, 0.15) is 18.0 Å². The summed E-state index contributed by atoms with van der Waals surface area (Å²) < 4.78 is 7.44. The minimum absolute atomic E-state index is 0.193. The molecule has 0 radical (unpaired) electrons. The van der Waals surface area contributed by atoms with Crippen LogP contribution in [-0.2, 0) is 9.59 Å². The largest absolute Gasteiger partial charge is 0.479 e. The number of carbonyl (C=O) groups excluding carboxylic acids is 2. The smallest absolute Gasteiger partial charge is 0.254 e. The van der Waals surface area contributed by atoms with Crippen LogP contribution in [0.2, 0.25) is 0 Å². The van der Waals surface area contributed by atoms with E-state index in [0.717, 1.165) is 12.8 Å². The number of rotatable bonds is 8. The summed E-state index contributed by atoms with van der Waals surface area (Å²) in [7, 11) is 0. The zero-order valence-corrected chi connectivity index (χ0v) is 18.2. The van der Waals surface area contributed by atoms with Gasteiger partial charge in [-0.15, -0.1) is 5.92 Å². The van der Waals surface area contributed by atoms with E-state index in [1.165, 1.54) is 4.90 Å². The van der Waals surface area contributed by atoms with Crippen molar-refractivity contribution in [2.45, 2.75) is 44.9 Å². The van der Waals surface area contributed by atoms with Gasteiger partial charge in [0.25, 0.3) is 11.8 Å². The molecule has 9 heteroatoms. The van der Waals surface area contributed by atoms with E-state index in [1.807, 2.05) is 6.07 Å². The zero-order valence-electron chi connectivity index (χ0n) is 18.2. The molecular weight excluding hydrogens is 412 g/mol. The number of benzene rings is 1. The second kappa shape index (κ2) is 10.8. The molecule has 0 aliphatic carbocycles. The lowest BCUT2D eigenvalue weighted by atomic mass is 10.1. The molecule has 3 rings (SSSR count). The Kier molecular flexibility index (Phi) is 7.87. The Labute approximate surface area is 187 Å². The number of nitrogens with zero attached hydrogens (tertiary/aromatic N) is 3. The summed E-state index contributed by atoms with van der Waals surface area (Å²) in [5.74, 6) is 4.69. The Hall–Kier alpha value is -3.35. The monoisotopic (exact) mass is 440 g/mol. The first-order valence-corrected chi connectivity index (χ1v) is 10.5. The molecule has 1 saturated heterocycles. The Morgan fingerprint density at radius 1 is 1.25 bits per heavy atom. The molecule has 2 aromatic rings. The molecule has 3 atom stereocenters. The highest BCUT2D eigenvalue weighted by atomic mass is 16.5. The van der Waals surface area contributed by atoms with Gasteiger partial charge < -0.3 is 25.2 Å². The van der Waals surface area contributed by atoms with Gasteiger partial charge in [0.15, 0.2) is 12.2 Å². The van der Waals surface area contributed by atoms with Crippen LogP contribution in [-0.4, -0.2) is 68.6 Å². The molecule has 2 heterocycles. The molecule has 0 spiro atoms. The number of amides is 2. The summed E-state index contributed by atoms with van der Waals surface area (Å²) >= 11 is 0. The predicted octanol–water partition coefficient (Wildman–Crippen LogP) is 0.796. The standard InChI is InChI=1S/C23H28N4O5/c1-3-4-14-32-19-15-17(8-9-18(19)27-13-7-10-24-27)16(2)25-22(30)20(28)21(29)23(31)26-11-5-6-12-26/h7-10,13,15-16,20-21,28-29H,5-6,11-12,14H2,1-2H3,(H,25,30)/t16-,20-,21-/m1/s1. The van der Waals surface area contributed by atoms with Crippen LogP contribution in [0.4, 0.5) is 0 Å². The molecule has 0 unspecified atom stereocenters. The summed E-state index contributed by atoms with van der Waals surface area (Å²) in [6.07, 6.45) is 1.48. The summed E-state index contributed by atoms with van der Waals surface area (Å²) in [6.45, 7) is 4.69. The molecule has 1 aromatic carbocycles. The van der Waals surface area contributed by atoms with E-state index in [2.05, 4.69) is 22.3 Å². The third kappa shape index (κ3) is 5.46. The Balaban J connectivity index is 1.70. The molecule has 170 valence electrons. The molecule has 1 aliphatic rings. The van der Waals surface area contributed by atoms with Crippen molar-refractivity contribution in [3.05, 3.63) is 42.2 Å². The Bertz CT molecular complexity index is 990. The molecule has 2 amide bonds. The molecule has 32 heavy (non-hydrogen) atoms. The fourth-order valence-corrected chi connectivity index (χ4v) is 3.49. The highest BCUT2D eigenvalue weighted by molar-refractivity contribution is 5.91. The number of aliphatic hydroxyl groups excluding tert-OH is 2. The second-order valence-corrected chi connectivity index (χ2v) is 7.55. The molecule has 0 saturated carbocycles. The number of nitrogens with one attached hydrogen (secondary N) is 1. The summed E-state index contributed by atoms with van der Waals surface area (Å²) in [4.78, 5) is 26.2. The van der Waals surface area contributed by atoms with Gasteiger partial charge in [-0.3, -0.25) is 9.59 Å². The molecule has 1 aliphatic heterocycles. The van der Waals surface area contributed by atoms with Crippen molar-refractivity contribution in [1.29, 1.82) is 0 Å². The number of carbonyl (C=O) groups is 2. The van der Waals surface area contributed by atoms with Crippen molar-refractivity contribution in [3.63, 3.8) is 0 Å². The zero-order chi connectivity index (χ0) is 23.1. The average Bonchev–Trinajstić information content (AvgIpc) is 3.52. The average molecular weight is 441 g/mol. The normalized spacial score (nSPS) is 15.9. The Morgan fingerprint density at radius 3 is 2.66 bits per heavy atom. The lowest BCUT2D eigenvalue weighted by Crippen LogP contribution is -2.50. The lowest BCUT2D eigenvalue weighted by Gasteiger charge is -2.24. The highest BCUT2D eigenvalue weighted by Gasteiger charge is 2.34. The van der Waals surface area contributed by atoms with Gasteiger partial charge in [0.05, 0.1) is 6.04 Å². The van der Waals surface area contributed by atoms with Gasteiger partial charge in [-0.25, -0.2) is 4.68 Å². The fraction of sp³-hybridized carbons (Fsp3) is 0.435. The van der Waals surface area contributed by atoms with Crippen molar-refractivity contribution < 1.29 is 24.5 Å². The van der Waals surface area contributed by atoms with Gasteiger partial charge in [-0.1, -0.05) is 12.0 Å². The van der Waals surface area contributed by atoms with Gasteiger partial charge in [-0.2, -0.15) is 5.10 Å². The van der Waals surface area contributed by atoms with Gasteiger partial charge in [0.2, 0.25) is 0 Å². The van der Waals surface area contributed by atoms with E-state index < -0.39 is 30.1 Å². The maximum absolute atomic E-state index is 12.5. The lowest BCUT2D eigenvalue weighted by molar-refractivity contribution is -0.152. The summed E-state index contributed by atoms with van der Waals surface area (Å²) in [5.41, 5.74) is 1.42. The molecule has 1 aromatic heterocycles. The second-order valence-electron chi connectivity index (χ2n) is 7.55. The van der Waals surface area contributed by atoms with E-state index in [4.69, 9.17) is 4.74 Å². The molecule has 3 N–H and O–H groups in total. The maximum Gasteiger partial charge on any atom is 0.254 e. The third-order valence-corrected chi connectivity index (χ3v) is 5.31. The van der Waals surface area contributed by atoms with Crippen molar-refractivity contribution >= 4 is 11.8 Å². The van der Waals surface area contributed by atoms with Crippen molar-refractivity contribution in [3.8, 4) is 23.3 Å². The van der Waals surface area contributed by atoms with Crippen LogP contribution in [0.15, 0.2) is 36.7 Å². The SMILES string of the molecule is CC#CCOc1cc([C@@H](C)NC(=O)[C@H](O)[C@@H](O)C(=O)N2CCCC2)ccc1-n1cccn1. The first-order chi connectivity index (χ1) is 15.4. The number of likely N-dealkylation sites (tertiary alicyclic amines) is 1. The quantitative estimate of drug-likeness (QED) is 0.523. The number of ether oxygens (including phenoxy) is 1. The van der Waals surface area contributed by atoms with E-state index in [1.54, 1.807) is 49.1 Å². The first kappa shape index (κ1) is 23.3. The molecule has 0 bridgehead atoms. The van der Waals surface area contributed by atoms with Crippen molar-refractivity contribution in [2.24, 2.45) is 0 Å². The van der Waals surface area contributed by atoms with Crippen LogP contribution in [0, 0.1) is 11.8 Å². The predicted molar refractivity (Wildman–Crippen MR) is 117 cm³/mol. The first-order valence-electron chi connectivity index (χ1n) is 10.5. The van der Waals surface area contributed by atoms with Gasteiger partial charge in [-0.05, 0) is 50.5 Å². The summed E-state index contributed by atoms with van der Waals surface area (Å²) in [5, 5.41) is 27.3. The number of aliphatic hydroxyl groups is 2. The van der Waals surface area contributed by atoms with Crippen LogP contribution in [0.25, 0.3) is 5.69 Å². The third-order valence-electron chi connectivity index (χ3n) is 5.31. The van der Waals surface area contributed by atoms with Crippen LogP contribution >= 0.6 is 0 Å².